The van der Waals surface area contributed by atoms with Gasteiger partial charge in [-0.2, -0.15) is 0 Å². The lowest BCUT2D eigenvalue weighted by Crippen LogP contribution is -2.27. The Labute approximate surface area is 222 Å². The highest BCUT2D eigenvalue weighted by Crippen LogP contribution is 2.51. The summed E-state index contributed by atoms with van der Waals surface area (Å²) >= 11 is 1.39. The Morgan fingerprint density at radius 1 is 1.00 bits per heavy atom. The van der Waals surface area contributed by atoms with Gasteiger partial charge >= 0.3 is 7.60 Å². The summed E-state index contributed by atoms with van der Waals surface area (Å²) in [5.41, 5.74) is 4.92. The number of fused-ring (bicyclic) bond motifs is 1. The Bertz CT molecular complexity index is 1290. The normalized spacial score (nSPS) is 17.6. The highest BCUT2D eigenvalue weighted by Gasteiger charge is 2.35. The first-order valence-electron chi connectivity index (χ1n) is 12.4. The molecule has 0 spiro atoms. The highest BCUT2D eigenvalue weighted by molar-refractivity contribution is 8.01. The topological polar surface area (TPSA) is 81.7 Å². The van der Waals surface area contributed by atoms with Crippen LogP contribution in [0.25, 0.3) is 0 Å². The van der Waals surface area contributed by atoms with E-state index in [9.17, 15) is 14.2 Å². The molecule has 0 bridgehead atoms. The zero-order chi connectivity index (χ0) is 26.4. The Morgan fingerprint density at radius 2 is 1.68 bits per heavy atom. The molecule has 3 aromatic carbocycles. The van der Waals surface area contributed by atoms with Crippen LogP contribution in [-0.2, 0) is 31.0 Å². The molecule has 0 aromatic heterocycles. The van der Waals surface area contributed by atoms with Gasteiger partial charge in [-0.15, -0.1) is 11.8 Å². The van der Waals surface area contributed by atoms with E-state index in [1.165, 1.54) is 11.8 Å². The maximum absolute atomic E-state index is 13.6. The molecule has 1 aliphatic rings. The quantitative estimate of drug-likeness (QED) is 0.297. The number of hydrogen-bond acceptors (Lipinski definition) is 6. The Kier molecular flexibility index (Phi) is 9.04. The number of rotatable bonds is 9. The number of nitrogens with one attached hydrogen (secondary N) is 1. The SMILES string of the molecule is CCOP(=O)(Cc1ccc(NC(=O)[C@H]2Cc3ccc(C)cc3C(=O)[C@H](c3ccccc3)S2)cc1)OCC. The molecule has 0 saturated carbocycles. The molecule has 6 nitrogen and oxygen atoms in total. The van der Waals surface area contributed by atoms with Crippen LogP contribution >= 0.6 is 19.4 Å². The van der Waals surface area contributed by atoms with E-state index in [2.05, 4.69) is 5.32 Å². The van der Waals surface area contributed by atoms with E-state index >= 15 is 0 Å². The van der Waals surface area contributed by atoms with Crippen LogP contribution < -0.4 is 5.32 Å². The number of benzene rings is 3. The summed E-state index contributed by atoms with van der Waals surface area (Å²) in [5, 5.41) is 2.09. The second-order valence-corrected chi connectivity index (χ2v) is 12.3. The molecule has 4 rings (SSSR count). The summed E-state index contributed by atoms with van der Waals surface area (Å²) in [6.45, 7) is 6.15. The minimum atomic E-state index is -3.21. The number of ketones is 1. The van der Waals surface area contributed by atoms with E-state index in [4.69, 9.17) is 9.05 Å². The predicted molar refractivity (Wildman–Crippen MR) is 149 cm³/mol. The maximum atomic E-state index is 13.6. The first kappa shape index (κ1) is 27.3. The lowest BCUT2D eigenvalue weighted by atomic mass is 9.94. The standard InChI is InChI=1S/C29H32NO5PS/c1-4-34-36(33,35-5-2)19-21-12-15-24(16-13-21)30-29(32)26-18-23-14-11-20(3)17-25(23)27(31)28(37-26)22-9-7-6-8-10-22/h6-17,26,28H,4-5,18-19H2,1-3H3,(H,30,32)/t26-,28+/m1/s1. The van der Waals surface area contributed by atoms with Crippen LogP contribution in [0.4, 0.5) is 5.69 Å². The number of thioether (sulfide) groups is 1. The molecule has 0 aliphatic carbocycles. The van der Waals surface area contributed by atoms with Crippen LogP contribution in [0.2, 0.25) is 0 Å². The van der Waals surface area contributed by atoms with Gasteiger partial charge in [0.15, 0.2) is 5.78 Å². The van der Waals surface area contributed by atoms with E-state index in [1.54, 1.807) is 26.0 Å². The molecule has 1 aliphatic heterocycles. The molecular formula is C29H32NO5PS. The zero-order valence-electron chi connectivity index (χ0n) is 21.3. The van der Waals surface area contributed by atoms with Gasteiger partial charge in [0.1, 0.15) is 0 Å². The van der Waals surface area contributed by atoms with Gasteiger partial charge in [0.05, 0.1) is 29.9 Å². The van der Waals surface area contributed by atoms with Crippen molar-refractivity contribution in [1.82, 2.24) is 0 Å². The van der Waals surface area contributed by atoms with Gasteiger partial charge in [-0.3, -0.25) is 14.2 Å². The molecule has 0 unspecified atom stereocenters. The van der Waals surface area contributed by atoms with Crippen LogP contribution in [0.15, 0.2) is 72.8 Å². The number of anilines is 1. The molecule has 1 amide bonds. The zero-order valence-corrected chi connectivity index (χ0v) is 23.0. The summed E-state index contributed by atoms with van der Waals surface area (Å²) in [6, 6.07) is 22.7. The molecule has 8 heteroatoms. The molecular weight excluding hydrogens is 505 g/mol. The van der Waals surface area contributed by atoms with Crippen LogP contribution in [0, 0.1) is 6.92 Å². The smallest absolute Gasteiger partial charge is 0.325 e. The molecule has 0 radical (unpaired) electrons. The average molecular weight is 538 g/mol. The summed E-state index contributed by atoms with van der Waals surface area (Å²) in [6.07, 6.45) is 0.629. The second-order valence-electron chi connectivity index (χ2n) is 8.94. The van der Waals surface area contributed by atoms with Crippen molar-refractivity contribution in [3.8, 4) is 0 Å². The highest BCUT2D eigenvalue weighted by atomic mass is 32.2. The fourth-order valence-electron chi connectivity index (χ4n) is 4.39. The number of amides is 1. The summed E-state index contributed by atoms with van der Waals surface area (Å²) in [7, 11) is -3.21. The van der Waals surface area contributed by atoms with E-state index in [-0.39, 0.29) is 17.9 Å². The lowest BCUT2D eigenvalue weighted by molar-refractivity contribution is -0.115. The third kappa shape index (κ3) is 6.79. The van der Waals surface area contributed by atoms with Crippen LogP contribution in [0.3, 0.4) is 0 Å². The number of carbonyl (C=O) groups excluding carboxylic acids is 2. The van der Waals surface area contributed by atoms with Crippen molar-refractivity contribution in [3.05, 3.63) is 101 Å². The molecule has 194 valence electrons. The first-order valence-corrected chi connectivity index (χ1v) is 15.1. The van der Waals surface area contributed by atoms with Crippen molar-refractivity contribution in [3.63, 3.8) is 0 Å². The molecule has 3 aromatic rings. The maximum Gasteiger partial charge on any atom is 0.335 e. The molecule has 0 saturated heterocycles. The number of aryl methyl sites for hydroxylation is 1. The van der Waals surface area contributed by atoms with Gasteiger partial charge in [-0.1, -0.05) is 60.2 Å². The van der Waals surface area contributed by atoms with Crippen molar-refractivity contribution >= 4 is 36.7 Å². The van der Waals surface area contributed by atoms with Gasteiger partial charge in [0.25, 0.3) is 0 Å². The van der Waals surface area contributed by atoms with Crippen LogP contribution in [0.5, 0.6) is 0 Å². The van der Waals surface area contributed by atoms with E-state index in [1.807, 2.05) is 67.6 Å². The van der Waals surface area contributed by atoms with E-state index in [0.717, 1.165) is 22.3 Å². The van der Waals surface area contributed by atoms with Gasteiger partial charge in [-0.25, -0.2) is 0 Å². The first-order chi connectivity index (χ1) is 17.8. The van der Waals surface area contributed by atoms with Gasteiger partial charge in [0.2, 0.25) is 5.91 Å². The van der Waals surface area contributed by atoms with Crippen LogP contribution in [-0.4, -0.2) is 30.2 Å². The molecule has 1 N–H and O–H groups in total. The Balaban J connectivity index is 1.53. The minimum Gasteiger partial charge on any atom is -0.325 e. The number of hydrogen-bond donors (Lipinski definition) is 1. The predicted octanol–water partition coefficient (Wildman–Crippen LogP) is 6.98. The van der Waals surface area contributed by atoms with Gasteiger partial charge in [-0.05, 0) is 62.1 Å². The van der Waals surface area contributed by atoms with Gasteiger partial charge in [0, 0.05) is 11.3 Å². The van der Waals surface area contributed by atoms with Crippen molar-refractivity contribution in [2.75, 3.05) is 18.5 Å². The summed E-state index contributed by atoms with van der Waals surface area (Å²) in [5.74, 6) is -0.128. The third-order valence-electron chi connectivity index (χ3n) is 6.12. The Hall–Kier alpha value is -2.70. The van der Waals surface area contributed by atoms with E-state index in [0.29, 0.717) is 30.9 Å². The number of carbonyl (C=O) groups is 2. The molecule has 2 atom stereocenters. The lowest BCUT2D eigenvalue weighted by Gasteiger charge is -2.19. The largest absolute Gasteiger partial charge is 0.335 e. The molecule has 0 fully saturated rings. The van der Waals surface area contributed by atoms with Crippen molar-refractivity contribution in [2.45, 2.75) is 43.9 Å². The van der Waals surface area contributed by atoms with E-state index < -0.39 is 18.1 Å². The fraction of sp³-hybridized carbons (Fsp3) is 0.310. The van der Waals surface area contributed by atoms with Crippen molar-refractivity contribution < 1.29 is 23.2 Å². The van der Waals surface area contributed by atoms with Crippen LogP contribution in [0.1, 0.15) is 51.7 Å². The second kappa shape index (κ2) is 12.2. The van der Waals surface area contributed by atoms with Crippen molar-refractivity contribution in [2.24, 2.45) is 0 Å². The Morgan fingerprint density at radius 3 is 2.32 bits per heavy atom. The molecule has 1 heterocycles. The third-order valence-corrected chi connectivity index (χ3v) is 9.64. The molecule has 37 heavy (non-hydrogen) atoms. The monoisotopic (exact) mass is 537 g/mol. The van der Waals surface area contributed by atoms with Crippen molar-refractivity contribution in [1.29, 1.82) is 0 Å². The summed E-state index contributed by atoms with van der Waals surface area (Å²) < 4.78 is 23.6. The minimum absolute atomic E-state index is 0.0302. The fourth-order valence-corrected chi connectivity index (χ4v) is 7.44. The summed E-state index contributed by atoms with van der Waals surface area (Å²) in [4.78, 5) is 27.0. The van der Waals surface area contributed by atoms with Gasteiger partial charge < -0.3 is 14.4 Å². The average Bonchev–Trinajstić information content (AvgIpc) is 3.02. The number of Topliss-reactive ketones (excluding diaryl/α,β-unsaturated/α-hetero) is 1.